The molecule has 2 aromatic rings. The molecule has 0 radical (unpaired) electrons. The molecule has 1 aliphatic carbocycles. The highest BCUT2D eigenvalue weighted by Crippen LogP contribution is 2.37. The standard InChI is InChI=1S/C16H19N/c1-12-5-4-6-13-11-14(7-8-15(12)13)16(17)9-2-3-10-16/h4-8,11H,2-3,9-10,17H2,1H3. The molecular weight excluding hydrogens is 206 g/mol. The van der Waals surface area contributed by atoms with Crippen LogP contribution in [0.25, 0.3) is 10.8 Å². The smallest absolute Gasteiger partial charge is 0.0409 e. The van der Waals surface area contributed by atoms with Gasteiger partial charge in [-0.15, -0.1) is 0 Å². The fraction of sp³-hybridized carbons (Fsp3) is 0.375. The van der Waals surface area contributed by atoms with Crippen LogP contribution in [0.4, 0.5) is 0 Å². The first-order valence-electron chi connectivity index (χ1n) is 6.48. The highest BCUT2D eigenvalue weighted by molar-refractivity contribution is 5.86. The van der Waals surface area contributed by atoms with Crippen molar-refractivity contribution in [3.63, 3.8) is 0 Å². The molecule has 0 unspecified atom stereocenters. The highest BCUT2D eigenvalue weighted by atomic mass is 14.8. The van der Waals surface area contributed by atoms with Gasteiger partial charge >= 0.3 is 0 Å². The van der Waals surface area contributed by atoms with Crippen LogP contribution >= 0.6 is 0 Å². The predicted molar refractivity (Wildman–Crippen MR) is 73.0 cm³/mol. The first-order valence-corrected chi connectivity index (χ1v) is 6.48. The Balaban J connectivity index is 2.14. The Morgan fingerprint density at radius 1 is 1.06 bits per heavy atom. The Labute approximate surface area is 103 Å². The van der Waals surface area contributed by atoms with Gasteiger partial charge in [-0.05, 0) is 47.7 Å². The molecule has 2 N–H and O–H groups in total. The molecule has 0 spiro atoms. The third kappa shape index (κ3) is 1.75. The normalized spacial score (nSPS) is 18.7. The molecule has 1 aliphatic rings. The first-order chi connectivity index (χ1) is 8.19. The summed E-state index contributed by atoms with van der Waals surface area (Å²) >= 11 is 0. The van der Waals surface area contributed by atoms with E-state index in [1.54, 1.807) is 0 Å². The fourth-order valence-electron chi connectivity index (χ4n) is 3.05. The van der Waals surface area contributed by atoms with Crippen LogP contribution in [0.5, 0.6) is 0 Å². The molecule has 0 amide bonds. The van der Waals surface area contributed by atoms with E-state index in [1.807, 2.05) is 0 Å². The molecule has 1 saturated carbocycles. The van der Waals surface area contributed by atoms with Crippen molar-refractivity contribution in [2.75, 3.05) is 0 Å². The zero-order valence-electron chi connectivity index (χ0n) is 10.4. The molecular formula is C16H19N. The van der Waals surface area contributed by atoms with Crippen molar-refractivity contribution in [2.24, 2.45) is 5.73 Å². The number of fused-ring (bicyclic) bond motifs is 1. The summed E-state index contributed by atoms with van der Waals surface area (Å²) in [5.74, 6) is 0. The molecule has 2 aromatic carbocycles. The monoisotopic (exact) mass is 225 g/mol. The second kappa shape index (κ2) is 3.85. The minimum Gasteiger partial charge on any atom is -0.321 e. The Morgan fingerprint density at radius 2 is 1.82 bits per heavy atom. The third-order valence-electron chi connectivity index (χ3n) is 4.17. The molecule has 3 rings (SSSR count). The van der Waals surface area contributed by atoms with E-state index in [1.165, 1.54) is 34.7 Å². The van der Waals surface area contributed by atoms with Crippen LogP contribution in [0.3, 0.4) is 0 Å². The Kier molecular flexibility index (Phi) is 2.44. The summed E-state index contributed by atoms with van der Waals surface area (Å²) in [7, 11) is 0. The van der Waals surface area contributed by atoms with Crippen molar-refractivity contribution in [1.82, 2.24) is 0 Å². The zero-order chi connectivity index (χ0) is 11.9. The van der Waals surface area contributed by atoms with Crippen LogP contribution in [0, 0.1) is 6.92 Å². The van der Waals surface area contributed by atoms with Crippen LogP contribution < -0.4 is 5.73 Å². The lowest BCUT2D eigenvalue weighted by atomic mass is 9.87. The molecule has 0 aliphatic heterocycles. The van der Waals surface area contributed by atoms with E-state index in [-0.39, 0.29) is 5.54 Å². The summed E-state index contributed by atoms with van der Waals surface area (Å²) in [5, 5.41) is 2.66. The highest BCUT2D eigenvalue weighted by Gasteiger charge is 2.31. The minimum absolute atomic E-state index is 0.0715. The van der Waals surface area contributed by atoms with Gasteiger partial charge in [0.25, 0.3) is 0 Å². The molecule has 1 nitrogen and oxygen atoms in total. The van der Waals surface area contributed by atoms with E-state index in [2.05, 4.69) is 43.3 Å². The molecule has 1 fully saturated rings. The minimum atomic E-state index is -0.0715. The van der Waals surface area contributed by atoms with Crippen molar-refractivity contribution < 1.29 is 0 Å². The lowest BCUT2D eigenvalue weighted by Gasteiger charge is -2.24. The Morgan fingerprint density at radius 3 is 2.59 bits per heavy atom. The SMILES string of the molecule is Cc1cccc2cc(C3(N)CCCC3)ccc12. The van der Waals surface area contributed by atoms with Crippen molar-refractivity contribution in [2.45, 2.75) is 38.1 Å². The van der Waals surface area contributed by atoms with Gasteiger partial charge in [-0.2, -0.15) is 0 Å². The van der Waals surface area contributed by atoms with Crippen LogP contribution in [-0.4, -0.2) is 0 Å². The van der Waals surface area contributed by atoms with E-state index in [4.69, 9.17) is 5.73 Å². The maximum Gasteiger partial charge on any atom is 0.0409 e. The number of hydrogen-bond acceptors (Lipinski definition) is 1. The fourth-order valence-corrected chi connectivity index (χ4v) is 3.05. The van der Waals surface area contributed by atoms with Gasteiger partial charge in [0.1, 0.15) is 0 Å². The summed E-state index contributed by atoms with van der Waals surface area (Å²) in [6, 6.07) is 13.2. The molecule has 0 atom stereocenters. The van der Waals surface area contributed by atoms with Crippen molar-refractivity contribution >= 4 is 10.8 Å². The lowest BCUT2D eigenvalue weighted by Crippen LogP contribution is -2.32. The van der Waals surface area contributed by atoms with Gasteiger partial charge in [-0.25, -0.2) is 0 Å². The molecule has 0 saturated heterocycles. The van der Waals surface area contributed by atoms with Crippen LogP contribution in [-0.2, 0) is 5.54 Å². The number of aryl methyl sites for hydroxylation is 1. The van der Waals surface area contributed by atoms with Gasteiger partial charge in [0.2, 0.25) is 0 Å². The zero-order valence-corrected chi connectivity index (χ0v) is 10.4. The summed E-state index contributed by atoms with van der Waals surface area (Å²) < 4.78 is 0. The number of hydrogen-bond donors (Lipinski definition) is 1. The van der Waals surface area contributed by atoms with Gasteiger partial charge in [-0.3, -0.25) is 0 Å². The second-order valence-electron chi connectivity index (χ2n) is 5.37. The summed E-state index contributed by atoms with van der Waals surface area (Å²) in [6.07, 6.45) is 4.79. The molecule has 17 heavy (non-hydrogen) atoms. The third-order valence-corrected chi connectivity index (χ3v) is 4.17. The molecule has 88 valence electrons. The van der Waals surface area contributed by atoms with Gasteiger partial charge < -0.3 is 5.73 Å². The first kappa shape index (κ1) is 10.8. The predicted octanol–water partition coefficient (Wildman–Crippen LogP) is 3.88. The van der Waals surface area contributed by atoms with Gasteiger partial charge in [0.15, 0.2) is 0 Å². The number of benzene rings is 2. The quantitative estimate of drug-likeness (QED) is 0.783. The Hall–Kier alpha value is -1.34. The van der Waals surface area contributed by atoms with E-state index in [0.717, 1.165) is 12.8 Å². The van der Waals surface area contributed by atoms with Crippen molar-refractivity contribution in [3.8, 4) is 0 Å². The van der Waals surface area contributed by atoms with E-state index in [9.17, 15) is 0 Å². The van der Waals surface area contributed by atoms with E-state index >= 15 is 0 Å². The maximum absolute atomic E-state index is 6.51. The largest absolute Gasteiger partial charge is 0.321 e. The molecule has 0 bridgehead atoms. The Bertz CT molecular complexity index is 550. The lowest BCUT2D eigenvalue weighted by molar-refractivity contribution is 0.462. The molecule has 0 aromatic heterocycles. The van der Waals surface area contributed by atoms with Crippen LogP contribution in [0.1, 0.15) is 36.8 Å². The average Bonchev–Trinajstić information content (AvgIpc) is 2.77. The van der Waals surface area contributed by atoms with E-state index in [0.29, 0.717) is 0 Å². The van der Waals surface area contributed by atoms with Crippen molar-refractivity contribution in [1.29, 1.82) is 0 Å². The average molecular weight is 225 g/mol. The van der Waals surface area contributed by atoms with Crippen LogP contribution in [0.2, 0.25) is 0 Å². The number of rotatable bonds is 1. The molecule has 0 heterocycles. The van der Waals surface area contributed by atoms with Gasteiger partial charge in [-0.1, -0.05) is 43.2 Å². The maximum atomic E-state index is 6.51. The van der Waals surface area contributed by atoms with E-state index < -0.39 is 0 Å². The van der Waals surface area contributed by atoms with Gasteiger partial charge in [0.05, 0.1) is 0 Å². The topological polar surface area (TPSA) is 26.0 Å². The van der Waals surface area contributed by atoms with Gasteiger partial charge in [0, 0.05) is 5.54 Å². The summed E-state index contributed by atoms with van der Waals surface area (Å²) in [4.78, 5) is 0. The van der Waals surface area contributed by atoms with Crippen LogP contribution in [0.15, 0.2) is 36.4 Å². The second-order valence-corrected chi connectivity index (χ2v) is 5.37. The molecule has 1 heteroatoms. The summed E-state index contributed by atoms with van der Waals surface area (Å²) in [6.45, 7) is 2.16. The number of nitrogens with two attached hydrogens (primary N) is 1. The summed E-state index contributed by atoms with van der Waals surface area (Å²) in [5.41, 5.74) is 9.09. The van der Waals surface area contributed by atoms with Crippen molar-refractivity contribution in [3.05, 3.63) is 47.5 Å².